The molecule has 44 heavy (non-hydrogen) atoms. The van der Waals surface area contributed by atoms with E-state index in [1.54, 1.807) is 12.1 Å². The van der Waals surface area contributed by atoms with Crippen LogP contribution in [0.4, 0.5) is 4.39 Å². The van der Waals surface area contributed by atoms with Crippen molar-refractivity contribution < 1.29 is 28.2 Å². The first-order chi connectivity index (χ1) is 20.8. The summed E-state index contributed by atoms with van der Waals surface area (Å²) in [4.78, 5) is 44.5. The summed E-state index contributed by atoms with van der Waals surface area (Å²) < 4.78 is 25.8. The average molecular weight is 634 g/mol. The molecular formula is C32H45ClFN5O5. The molecule has 4 aliphatic rings. The van der Waals surface area contributed by atoms with E-state index in [1.807, 2.05) is 16.7 Å². The first kappa shape index (κ1) is 32.3. The number of likely N-dealkylation sites (tertiary alicyclic amines) is 1. The molecule has 1 saturated heterocycles. The molecule has 5 rings (SSSR count). The second-order valence-corrected chi connectivity index (χ2v) is 13.7. The van der Waals surface area contributed by atoms with Crippen LogP contribution in [0.1, 0.15) is 76.0 Å². The molecule has 0 radical (unpaired) electrons. The Hall–Kier alpha value is -3.05. The van der Waals surface area contributed by atoms with Gasteiger partial charge in [-0.15, -0.1) is 0 Å². The molecule has 1 spiro atoms. The van der Waals surface area contributed by atoms with Crippen LogP contribution < -0.4 is 16.3 Å². The first-order valence-corrected chi connectivity index (χ1v) is 15.9. The van der Waals surface area contributed by atoms with Gasteiger partial charge in [0.15, 0.2) is 0 Å². The van der Waals surface area contributed by atoms with Crippen molar-refractivity contribution in [2.75, 3.05) is 40.4 Å². The third-order valence-electron chi connectivity index (χ3n) is 10.2. The van der Waals surface area contributed by atoms with Crippen LogP contribution in [0.5, 0.6) is 5.75 Å². The number of halogens is 2. The molecule has 4 N–H and O–H groups in total. The van der Waals surface area contributed by atoms with E-state index < -0.39 is 23.5 Å². The van der Waals surface area contributed by atoms with Gasteiger partial charge in [-0.1, -0.05) is 24.4 Å². The molecule has 1 aromatic carbocycles. The normalized spacial score (nSPS) is 27.0. The van der Waals surface area contributed by atoms with Gasteiger partial charge in [-0.25, -0.2) is 10.2 Å². The predicted molar refractivity (Wildman–Crippen MR) is 164 cm³/mol. The molecule has 0 bridgehead atoms. The van der Waals surface area contributed by atoms with Crippen LogP contribution >= 0.6 is 11.6 Å². The minimum atomic E-state index is -1.41. The minimum Gasteiger partial charge on any atom is -0.487 e. The maximum atomic E-state index is 14.6. The SMILES string of the molecule is COC(=O)[C@@]1(C)CCCCC1C(=O)N1CCc2c(Cl)ccc(OC/C(N)=C(\C(C)F)N(C)N)c2C1CN1CC2(CC2)CC1=O. The van der Waals surface area contributed by atoms with Crippen molar-refractivity contribution in [1.82, 2.24) is 14.8 Å². The summed E-state index contributed by atoms with van der Waals surface area (Å²) in [5.41, 5.74) is 7.13. The van der Waals surface area contributed by atoms with Gasteiger partial charge in [0.25, 0.3) is 0 Å². The maximum Gasteiger partial charge on any atom is 0.312 e. The largest absolute Gasteiger partial charge is 0.487 e. The van der Waals surface area contributed by atoms with Gasteiger partial charge in [0.1, 0.15) is 18.5 Å². The zero-order chi connectivity index (χ0) is 32.0. The van der Waals surface area contributed by atoms with Crippen molar-refractivity contribution in [2.45, 2.75) is 77.4 Å². The number of carbonyl (C=O) groups is 3. The van der Waals surface area contributed by atoms with Crippen molar-refractivity contribution in [2.24, 2.45) is 28.3 Å². The molecule has 242 valence electrons. The smallest absolute Gasteiger partial charge is 0.312 e. The average Bonchev–Trinajstić information content (AvgIpc) is 3.66. The number of nitrogens with two attached hydrogens (primary N) is 2. The van der Waals surface area contributed by atoms with Gasteiger partial charge in [0.05, 0.1) is 35.9 Å². The fraction of sp³-hybridized carbons (Fsp3) is 0.656. The van der Waals surface area contributed by atoms with Crippen molar-refractivity contribution in [1.29, 1.82) is 0 Å². The monoisotopic (exact) mass is 633 g/mol. The number of ether oxygens (including phenoxy) is 2. The van der Waals surface area contributed by atoms with Crippen LogP contribution in [0, 0.1) is 16.7 Å². The molecule has 2 aliphatic heterocycles. The fourth-order valence-corrected chi connectivity index (χ4v) is 7.89. The minimum absolute atomic E-state index is 0.0386. The molecule has 3 unspecified atom stereocenters. The van der Waals surface area contributed by atoms with Gasteiger partial charge in [-0.05, 0) is 69.1 Å². The molecule has 3 fully saturated rings. The van der Waals surface area contributed by atoms with Gasteiger partial charge in [-0.3, -0.25) is 14.4 Å². The number of hydrazine groups is 1. The Morgan fingerprint density at radius 3 is 2.59 bits per heavy atom. The Morgan fingerprint density at radius 2 is 1.98 bits per heavy atom. The molecule has 2 heterocycles. The van der Waals surface area contributed by atoms with Crippen molar-refractivity contribution in [3.8, 4) is 5.75 Å². The topological polar surface area (TPSA) is 131 Å². The highest BCUT2D eigenvalue weighted by molar-refractivity contribution is 6.31. The van der Waals surface area contributed by atoms with Crippen molar-refractivity contribution in [3.63, 3.8) is 0 Å². The summed E-state index contributed by atoms with van der Waals surface area (Å²) in [6.45, 7) is 4.34. The van der Waals surface area contributed by atoms with Crippen LogP contribution in [0.3, 0.4) is 0 Å². The molecule has 10 nitrogen and oxygen atoms in total. The molecule has 2 amide bonds. The lowest BCUT2D eigenvalue weighted by molar-refractivity contribution is -0.165. The van der Waals surface area contributed by atoms with Crippen LogP contribution in [0.2, 0.25) is 5.02 Å². The van der Waals surface area contributed by atoms with Crippen molar-refractivity contribution in [3.05, 3.63) is 39.7 Å². The van der Waals surface area contributed by atoms with Crippen LogP contribution in [0.15, 0.2) is 23.5 Å². The maximum absolute atomic E-state index is 14.6. The van der Waals surface area contributed by atoms with E-state index in [2.05, 4.69) is 0 Å². The summed E-state index contributed by atoms with van der Waals surface area (Å²) in [6, 6.07) is 2.91. The summed E-state index contributed by atoms with van der Waals surface area (Å²) in [7, 11) is 2.87. The Morgan fingerprint density at radius 1 is 1.25 bits per heavy atom. The molecule has 2 aliphatic carbocycles. The number of nitrogens with zero attached hydrogens (tertiary/aromatic N) is 3. The third kappa shape index (κ3) is 5.97. The number of rotatable bonds is 9. The van der Waals surface area contributed by atoms with E-state index in [-0.39, 0.29) is 47.7 Å². The van der Waals surface area contributed by atoms with Gasteiger partial charge in [-0.2, -0.15) is 0 Å². The number of amides is 2. The molecule has 12 heteroatoms. The quantitative estimate of drug-likeness (QED) is 0.238. The van der Waals surface area contributed by atoms with Gasteiger partial charge >= 0.3 is 5.97 Å². The summed E-state index contributed by atoms with van der Waals surface area (Å²) >= 11 is 6.75. The highest BCUT2D eigenvalue weighted by Gasteiger charge is 2.54. The summed E-state index contributed by atoms with van der Waals surface area (Å²) in [6.07, 6.45) is 4.43. The fourth-order valence-electron chi connectivity index (χ4n) is 7.63. The number of methoxy groups -OCH3 is 1. The highest BCUT2D eigenvalue weighted by atomic mass is 35.5. The molecule has 4 atom stereocenters. The number of benzene rings is 1. The lowest BCUT2D eigenvalue weighted by Crippen LogP contribution is -2.53. The number of fused-ring (bicyclic) bond motifs is 1. The highest BCUT2D eigenvalue weighted by Crippen LogP contribution is 2.54. The van der Waals surface area contributed by atoms with E-state index in [1.165, 1.54) is 21.1 Å². The Bertz CT molecular complexity index is 1340. The van der Waals surface area contributed by atoms with E-state index >= 15 is 0 Å². The number of carbonyl (C=O) groups excluding carboxylic acids is 3. The summed E-state index contributed by atoms with van der Waals surface area (Å²) in [5.74, 6) is 5.28. The summed E-state index contributed by atoms with van der Waals surface area (Å²) in [5, 5.41) is 1.68. The van der Waals surface area contributed by atoms with Gasteiger partial charge in [0.2, 0.25) is 11.8 Å². The van der Waals surface area contributed by atoms with E-state index in [4.69, 9.17) is 32.7 Å². The second-order valence-electron chi connectivity index (χ2n) is 13.3. The van der Waals surface area contributed by atoms with Gasteiger partial charge in [0, 0.05) is 43.7 Å². The number of alkyl halides is 1. The third-order valence-corrected chi connectivity index (χ3v) is 10.6. The van der Waals surface area contributed by atoms with Crippen LogP contribution in [0.25, 0.3) is 0 Å². The van der Waals surface area contributed by atoms with E-state index in [0.29, 0.717) is 55.1 Å². The number of hydrogen-bond acceptors (Lipinski definition) is 8. The molecular weight excluding hydrogens is 589 g/mol. The second kappa shape index (κ2) is 12.4. The number of esters is 1. The standard InChI is InChI=1S/C32H45ClFN5O5/c1-19(34)28(37(3)36)23(35)17-44-25-9-8-22(33)20-10-14-39(29(41)21-7-5-6-11-31(21,2)30(42)43-4)24(27(20)25)16-38-18-32(12-13-32)15-26(38)40/h8-9,19,21,24H,5-7,10-18,35-36H2,1-4H3/b28-23-/t19?,21?,24?,31-/m0/s1. The molecule has 2 saturated carbocycles. The van der Waals surface area contributed by atoms with Crippen LogP contribution in [-0.2, 0) is 25.5 Å². The van der Waals surface area contributed by atoms with E-state index in [9.17, 15) is 18.8 Å². The zero-order valence-corrected chi connectivity index (χ0v) is 26.9. The predicted octanol–water partition coefficient (Wildman–Crippen LogP) is 3.86. The Kier molecular flexibility index (Phi) is 9.11. The lowest BCUT2D eigenvalue weighted by atomic mass is 9.66. The van der Waals surface area contributed by atoms with Gasteiger partial charge < -0.3 is 30.0 Å². The Labute approximate surface area is 263 Å². The Balaban J connectivity index is 1.54. The molecule has 0 aromatic heterocycles. The number of allylic oxidation sites excluding steroid dienone is 1. The number of hydrogen-bond donors (Lipinski definition) is 2. The molecule has 1 aromatic rings. The first-order valence-electron chi connectivity index (χ1n) is 15.5. The van der Waals surface area contributed by atoms with Crippen molar-refractivity contribution >= 4 is 29.4 Å². The van der Waals surface area contributed by atoms with E-state index in [0.717, 1.165) is 36.3 Å². The van der Waals surface area contributed by atoms with Crippen LogP contribution in [-0.4, -0.2) is 79.2 Å². The zero-order valence-electron chi connectivity index (χ0n) is 26.2. The lowest BCUT2D eigenvalue weighted by Gasteiger charge is -2.45.